The molecule has 2 aliphatic rings. The Morgan fingerprint density at radius 1 is 0.821 bits per heavy atom. The van der Waals surface area contributed by atoms with Crippen LogP contribution in [0.3, 0.4) is 0 Å². The van der Waals surface area contributed by atoms with Gasteiger partial charge in [0.1, 0.15) is 23.5 Å². The average Bonchev–Trinajstić information content (AvgIpc) is 2.74. The lowest BCUT2D eigenvalue weighted by Gasteiger charge is -2.37. The summed E-state index contributed by atoms with van der Waals surface area (Å²) < 4.78 is 0. The van der Waals surface area contributed by atoms with E-state index in [0.29, 0.717) is 11.5 Å². The fourth-order valence-electron chi connectivity index (χ4n) is 3.68. The van der Waals surface area contributed by atoms with Gasteiger partial charge in [-0.15, -0.1) is 0 Å². The van der Waals surface area contributed by atoms with Crippen LogP contribution in [0.2, 0.25) is 0 Å². The molecule has 2 saturated heterocycles. The van der Waals surface area contributed by atoms with Crippen molar-refractivity contribution in [2.24, 2.45) is 0 Å². The summed E-state index contributed by atoms with van der Waals surface area (Å²) in [6.45, 7) is 9.24. The molecule has 0 spiro atoms. The number of piperazine rings is 2. The molecule has 4 heterocycles. The number of hydrogen-bond donors (Lipinski definition) is 0. The molecule has 0 unspecified atom stereocenters. The van der Waals surface area contributed by atoms with E-state index in [2.05, 4.69) is 58.7 Å². The summed E-state index contributed by atoms with van der Waals surface area (Å²) in [6.07, 6.45) is 3.19. The van der Waals surface area contributed by atoms with E-state index in [1.165, 1.54) is 0 Å². The first kappa shape index (κ1) is 18.4. The molecule has 2 aromatic heterocycles. The topological polar surface area (TPSA) is 88.3 Å². The van der Waals surface area contributed by atoms with Gasteiger partial charge in [0.2, 0.25) is 0 Å². The predicted octanol–water partition coefficient (Wildman–Crippen LogP) is 0.525. The van der Waals surface area contributed by atoms with Crippen molar-refractivity contribution < 1.29 is 0 Å². The molecule has 0 aliphatic carbocycles. The van der Waals surface area contributed by atoms with Gasteiger partial charge in [-0.2, -0.15) is 5.26 Å². The highest BCUT2D eigenvalue weighted by Crippen LogP contribution is 2.23. The van der Waals surface area contributed by atoms with Crippen molar-refractivity contribution in [3.8, 4) is 6.07 Å². The minimum atomic E-state index is 0.381. The van der Waals surface area contributed by atoms with E-state index in [-0.39, 0.29) is 0 Å². The van der Waals surface area contributed by atoms with Crippen molar-refractivity contribution in [2.75, 3.05) is 74.1 Å². The van der Waals surface area contributed by atoms with E-state index in [4.69, 9.17) is 0 Å². The average molecular weight is 379 g/mol. The van der Waals surface area contributed by atoms with Gasteiger partial charge in [-0.25, -0.2) is 19.9 Å². The Bertz CT molecular complexity index is 862. The van der Waals surface area contributed by atoms with E-state index in [1.807, 2.05) is 6.92 Å². The molecule has 0 radical (unpaired) electrons. The summed E-state index contributed by atoms with van der Waals surface area (Å²) in [5.74, 6) is 3.45. The normalized spacial score (nSPS) is 18.2. The van der Waals surface area contributed by atoms with Crippen molar-refractivity contribution in [3.63, 3.8) is 0 Å². The summed E-state index contributed by atoms with van der Waals surface area (Å²) in [4.78, 5) is 26.9. The first-order valence-corrected chi connectivity index (χ1v) is 9.64. The minimum absolute atomic E-state index is 0.381. The lowest BCUT2D eigenvalue weighted by atomic mass is 10.2. The molecule has 2 aromatic rings. The third kappa shape index (κ3) is 3.82. The molecule has 9 nitrogen and oxygen atoms in total. The number of hydrogen-bond acceptors (Lipinski definition) is 9. The maximum Gasteiger partial charge on any atom is 0.183 e. The summed E-state index contributed by atoms with van der Waals surface area (Å²) in [5, 5.41) is 9.27. The summed E-state index contributed by atoms with van der Waals surface area (Å²) in [6, 6.07) is 4.24. The lowest BCUT2D eigenvalue weighted by Crippen LogP contribution is -2.48. The molecule has 146 valence electrons. The largest absolute Gasteiger partial charge is 0.354 e. The minimum Gasteiger partial charge on any atom is -0.354 e. The highest BCUT2D eigenvalue weighted by Gasteiger charge is 2.23. The Kier molecular flexibility index (Phi) is 5.21. The zero-order valence-electron chi connectivity index (χ0n) is 16.4. The lowest BCUT2D eigenvalue weighted by molar-refractivity contribution is 0.312. The second-order valence-electron chi connectivity index (χ2n) is 7.24. The zero-order valence-corrected chi connectivity index (χ0v) is 16.4. The van der Waals surface area contributed by atoms with Crippen LogP contribution in [-0.2, 0) is 0 Å². The molecule has 0 saturated carbocycles. The van der Waals surface area contributed by atoms with Gasteiger partial charge in [0.05, 0.1) is 0 Å². The van der Waals surface area contributed by atoms with Crippen LogP contribution in [0.5, 0.6) is 0 Å². The highest BCUT2D eigenvalue weighted by atomic mass is 15.3. The zero-order chi connectivity index (χ0) is 19.5. The standard InChI is InChI=1S/C19H25N9/c1-15-23-17(26-7-5-25(2)6-8-26)13-18(24-15)27-9-11-28(12-10-27)19-16(14-20)21-3-4-22-19/h3-4,13H,5-12H2,1-2H3. The van der Waals surface area contributed by atoms with Gasteiger partial charge >= 0.3 is 0 Å². The summed E-state index contributed by atoms with van der Waals surface area (Å²) >= 11 is 0. The third-order valence-corrected chi connectivity index (χ3v) is 5.33. The molecule has 9 heteroatoms. The second kappa shape index (κ2) is 7.94. The van der Waals surface area contributed by atoms with Crippen LogP contribution in [0, 0.1) is 18.3 Å². The van der Waals surface area contributed by atoms with Crippen molar-refractivity contribution in [3.05, 3.63) is 30.0 Å². The first-order chi connectivity index (χ1) is 13.6. The molecule has 28 heavy (non-hydrogen) atoms. The number of aromatic nitrogens is 4. The van der Waals surface area contributed by atoms with Crippen molar-refractivity contribution >= 4 is 17.5 Å². The fraction of sp³-hybridized carbons (Fsp3) is 0.526. The molecule has 0 atom stereocenters. The van der Waals surface area contributed by atoms with E-state index >= 15 is 0 Å². The highest BCUT2D eigenvalue weighted by molar-refractivity contribution is 5.54. The van der Waals surface area contributed by atoms with Crippen LogP contribution in [0.4, 0.5) is 17.5 Å². The maximum absolute atomic E-state index is 9.27. The van der Waals surface area contributed by atoms with E-state index in [0.717, 1.165) is 69.8 Å². The predicted molar refractivity (Wildman–Crippen MR) is 108 cm³/mol. The van der Waals surface area contributed by atoms with Gasteiger partial charge in [0.25, 0.3) is 0 Å². The van der Waals surface area contributed by atoms with E-state index in [9.17, 15) is 5.26 Å². The quantitative estimate of drug-likeness (QED) is 0.757. The van der Waals surface area contributed by atoms with Crippen LogP contribution in [0.1, 0.15) is 11.5 Å². The molecule has 4 rings (SSSR count). The summed E-state index contributed by atoms with van der Waals surface area (Å²) in [7, 11) is 2.16. The molecular formula is C19H25N9. The van der Waals surface area contributed by atoms with Gasteiger partial charge < -0.3 is 19.6 Å². The molecule has 0 bridgehead atoms. The first-order valence-electron chi connectivity index (χ1n) is 9.64. The number of likely N-dealkylation sites (N-methyl/N-ethyl adjacent to an activating group) is 1. The smallest absolute Gasteiger partial charge is 0.183 e. The van der Waals surface area contributed by atoms with Crippen LogP contribution < -0.4 is 14.7 Å². The van der Waals surface area contributed by atoms with Crippen LogP contribution in [0.15, 0.2) is 18.5 Å². The van der Waals surface area contributed by atoms with Crippen LogP contribution in [-0.4, -0.2) is 84.2 Å². The number of nitriles is 1. The van der Waals surface area contributed by atoms with Crippen LogP contribution in [0.25, 0.3) is 0 Å². The Hall–Kier alpha value is -2.99. The van der Waals surface area contributed by atoms with Crippen molar-refractivity contribution in [1.29, 1.82) is 5.26 Å². The number of aryl methyl sites for hydroxylation is 1. The number of anilines is 3. The van der Waals surface area contributed by atoms with E-state index < -0.39 is 0 Å². The van der Waals surface area contributed by atoms with Crippen molar-refractivity contribution in [2.45, 2.75) is 6.92 Å². The van der Waals surface area contributed by atoms with E-state index in [1.54, 1.807) is 12.4 Å². The van der Waals surface area contributed by atoms with Gasteiger partial charge in [-0.05, 0) is 14.0 Å². The molecule has 2 fully saturated rings. The molecule has 0 N–H and O–H groups in total. The Labute approximate surface area is 165 Å². The Morgan fingerprint density at radius 2 is 1.36 bits per heavy atom. The monoisotopic (exact) mass is 379 g/mol. The number of nitrogens with zero attached hydrogens (tertiary/aromatic N) is 9. The maximum atomic E-state index is 9.27. The van der Waals surface area contributed by atoms with Gasteiger partial charge in [0.15, 0.2) is 11.5 Å². The number of rotatable bonds is 3. The Morgan fingerprint density at radius 3 is 1.96 bits per heavy atom. The molecule has 2 aliphatic heterocycles. The molecule has 0 aromatic carbocycles. The summed E-state index contributed by atoms with van der Waals surface area (Å²) in [5.41, 5.74) is 0.381. The molecule has 0 amide bonds. The third-order valence-electron chi connectivity index (χ3n) is 5.33. The fourth-order valence-corrected chi connectivity index (χ4v) is 3.68. The van der Waals surface area contributed by atoms with Crippen LogP contribution >= 0.6 is 0 Å². The van der Waals surface area contributed by atoms with Gasteiger partial charge in [-0.3, -0.25) is 0 Å². The molecular weight excluding hydrogens is 354 g/mol. The second-order valence-corrected chi connectivity index (χ2v) is 7.24. The van der Waals surface area contributed by atoms with Gasteiger partial charge in [0, 0.05) is 70.8 Å². The van der Waals surface area contributed by atoms with Crippen molar-refractivity contribution in [1.82, 2.24) is 24.8 Å². The Balaban J connectivity index is 1.47. The SMILES string of the molecule is Cc1nc(N2CCN(C)CC2)cc(N2CCN(c3nccnc3C#N)CC2)n1. The van der Waals surface area contributed by atoms with Gasteiger partial charge in [-0.1, -0.05) is 0 Å².